The van der Waals surface area contributed by atoms with Crippen LogP contribution in [-0.4, -0.2) is 20.2 Å². The molecule has 100 valence electrons. The van der Waals surface area contributed by atoms with Crippen LogP contribution in [0.1, 0.15) is 32.2 Å². The molecule has 0 bridgehead atoms. The average Bonchev–Trinajstić information content (AvgIpc) is 3.00. The Morgan fingerprint density at radius 1 is 1.37 bits per heavy atom. The highest BCUT2D eigenvalue weighted by atomic mass is 35.5. The van der Waals surface area contributed by atoms with Gasteiger partial charge in [-0.05, 0) is 47.4 Å². The number of benzene rings is 1. The molecular weight excluding hydrogens is 262 g/mol. The van der Waals surface area contributed by atoms with Gasteiger partial charge >= 0.3 is 0 Å². The van der Waals surface area contributed by atoms with Crippen LogP contribution in [0.15, 0.2) is 18.2 Å². The van der Waals surface area contributed by atoms with E-state index in [1.165, 1.54) is 12.8 Å². The quantitative estimate of drug-likeness (QED) is 0.857. The van der Waals surface area contributed by atoms with Crippen molar-refractivity contribution in [1.82, 2.24) is 20.2 Å². The lowest BCUT2D eigenvalue weighted by Gasteiger charge is -2.16. The molecule has 0 radical (unpaired) electrons. The molecule has 1 aliphatic carbocycles. The van der Waals surface area contributed by atoms with Crippen molar-refractivity contribution >= 4 is 17.3 Å². The summed E-state index contributed by atoms with van der Waals surface area (Å²) in [6.07, 6.45) is 3.59. The zero-order valence-corrected chi connectivity index (χ0v) is 11.5. The average molecular weight is 278 g/mol. The second-order valence-electron chi connectivity index (χ2n) is 5.16. The summed E-state index contributed by atoms with van der Waals surface area (Å²) in [6.45, 7) is 2.25. The first-order valence-corrected chi connectivity index (χ1v) is 6.88. The zero-order valence-electron chi connectivity index (χ0n) is 10.8. The van der Waals surface area contributed by atoms with E-state index in [4.69, 9.17) is 17.3 Å². The molecule has 1 saturated carbocycles. The van der Waals surface area contributed by atoms with E-state index in [1.54, 1.807) is 6.07 Å². The summed E-state index contributed by atoms with van der Waals surface area (Å²) in [4.78, 5) is 0. The summed E-state index contributed by atoms with van der Waals surface area (Å²) in [5, 5.41) is 12.7. The smallest absolute Gasteiger partial charge is 0.182 e. The third kappa shape index (κ3) is 2.18. The van der Waals surface area contributed by atoms with Crippen molar-refractivity contribution in [3.8, 4) is 11.4 Å². The Morgan fingerprint density at radius 3 is 2.89 bits per heavy atom. The first-order chi connectivity index (χ1) is 9.16. The lowest BCUT2D eigenvalue weighted by Crippen LogP contribution is -2.14. The van der Waals surface area contributed by atoms with Gasteiger partial charge in [-0.1, -0.05) is 24.9 Å². The van der Waals surface area contributed by atoms with Gasteiger partial charge in [0.1, 0.15) is 0 Å². The van der Waals surface area contributed by atoms with E-state index in [9.17, 15) is 0 Å². The molecule has 1 aliphatic rings. The molecule has 6 heteroatoms. The summed E-state index contributed by atoms with van der Waals surface area (Å²) in [5.41, 5.74) is 7.31. The first kappa shape index (κ1) is 12.4. The first-order valence-electron chi connectivity index (χ1n) is 6.50. The minimum atomic E-state index is 0.377. The molecule has 0 saturated heterocycles. The number of anilines is 1. The molecule has 1 fully saturated rings. The van der Waals surface area contributed by atoms with Crippen LogP contribution >= 0.6 is 11.6 Å². The highest BCUT2D eigenvalue weighted by Crippen LogP contribution is 2.37. The van der Waals surface area contributed by atoms with Gasteiger partial charge in [-0.15, -0.1) is 5.10 Å². The number of hydrogen-bond acceptors (Lipinski definition) is 4. The van der Waals surface area contributed by atoms with E-state index >= 15 is 0 Å². The highest BCUT2D eigenvalue weighted by Gasteiger charge is 2.28. The Hall–Kier alpha value is -1.62. The Morgan fingerprint density at radius 2 is 2.21 bits per heavy atom. The molecule has 5 nitrogen and oxygen atoms in total. The van der Waals surface area contributed by atoms with Crippen molar-refractivity contribution in [2.75, 3.05) is 5.73 Å². The predicted molar refractivity (Wildman–Crippen MR) is 74.7 cm³/mol. The monoisotopic (exact) mass is 277 g/mol. The molecule has 2 unspecified atom stereocenters. The molecule has 0 amide bonds. The van der Waals surface area contributed by atoms with Crippen molar-refractivity contribution < 1.29 is 0 Å². The fourth-order valence-electron chi connectivity index (χ4n) is 2.78. The minimum absolute atomic E-state index is 0.377. The Kier molecular flexibility index (Phi) is 3.14. The van der Waals surface area contributed by atoms with Crippen molar-refractivity contribution in [2.24, 2.45) is 5.92 Å². The van der Waals surface area contributed by atoms with E-state index in [1.807, 2.05) is 16.8 Å². The maximum atomic E-state index is 5.95. The molecular formula is C13H16ClN5. The summed E-state index contributed by atoms with van der Waals surface area (Å²) in [5.74, 6) is 1.37. The van der Waals surface area contributed by atoms with Gasteiger partial charge in [-0.25, -0.2) is 4.68 Å². The molecule has 0 spiro atoms. The van der Waals surface area contributed by atoms with Gasteiger partial charge in [-0.3, -0.25) is 0 Å². The third-order valence-electron chi connectivity index (χ3n) is 3.88. The normalized spacial score (nSPS) is 22.8. The molecule has 2 N–H and O–H groups in total. The number of rotatable bonds is 2. The van der Waals surface area contributed by atoms with Crippen LogP contribution in [0, 0.1) is 5.92 Å². The summed E-state index contributed by atoms with van der Waals surface area (Å²) >= 11 is 5.95. The molecule has 2 atom stereocenters. The van der Waals surface area contributed by atoms with Crippen LogP contribution in [0.5, 0.6) is 0 Å². The van der Waals surface area contributed by atoms with Crippen LogP contribution in [-0.2, 0) is 0 Å². The van der Waals surface area contributed by atoms with Gasteiger partial charge in [0.2, 0.25) is 0 Å². The van der Waals surface area contributed by atoms with Crippen molar-refractivity contribution in [2.45, 2.75) is 32.2 Å². The molecule has 19 heavy (non-hydrogen) atoms. The van der Waals surface area contributed by atoms with Crippen molar-refractivity contribution in [3.05, 3.63) is 23.2 Å². The summed E-state index contributed by atoms with van der Waals surface area (Å²) in [6, 6.07) is 5.88. The van der Waals surface area contributed by atoms with Crippen LogP contribution in [0.3, 0.4) is 0 Å². The predicted octanol–water partition coefficient (Wildman–Crippen LogP) is 2.94. The van der Waals surface area contributed by atoms with Crippen LogP contribution < -0.4 is 5.73 Å². The highest BCUT2D eigenvalue weighted by molar-refractivity contribution is 6.33. The van der Waals surface area contributed by atoms with Gasteiger partial charge in [0.25, 0.3) is 0 Å². The fourth-order valence-corrected chi connectivity index (χ4v) is 2.90. The van der Waals surface area contributed by atoms with Gasteiger partial charge in [-0.2, -0.15) is 0 Å². The topological polar surface area (TPSA) is 69.6 Å². The van der Waals surface area contributed by atoms with Crippen LogP contribution in [0.25, 0.3) is 11.4 Å². The zero-order chi connectivity index (χ0) is 13.4. The summed E-state index contributed by atoms with van der Waals surface area (Å²) < 4.78 is 1.93. The van der Waals surface area contributed by atoms with Gasteiger partial charge in [0, 0.05) is 5.56 Å². The number of nitrogens with zero attached hydrogens (tertiary/aromatic N) is 4. The number of tetrazole rings is 1. The Balaban J connectivity index is 2.01. The molecule has 2 aromatic rings. The largest absolute Gasteiger partial charge is 0.398 e. The van der Waals surface area contributed by atoms with Crippen molar-refractivity contribution in [1.29, 1.82) is 0 Å². The third-order valence-corrected chi connectivity index (χ3v) is 4.22. The Labute approximate surface area is 116 Å². The number of aromatic nitrogens is 4. The summed E-state index contributed by atoms with van der Waals surface area (Å²) in [7, 11) is 0. The van der Waals surface area contributed by atoms with E-state index in [0.717, 1.165) is 17.8 Å². The molecule has 1 aromatic heterocycles. The van der Waals surface area contributed by atoms with Gasteiger partial charge in [0.15, 0.2) is 5.82 Å². The van der Waals surface area contributed by atoms with E-state index in [0.29, 0.717) is 22.7 Å². The second-order valence-corrected chi connectivity index (χ2v) is 5.57. The van der Waals surface area contributed by atoms with Crippen molar-refractivity contribution in [3.63, 3.8) is 0 Å². The number of hydrogen-bond donors (Lipinski definition) is 1. The maximum absolute atomic E-state index is 5.95. The van der Waals surface area contributed by atoms with Gasteiger partial charge in [0.05, 0.1) is 16.8 Å². The fraction of sp³-hybridized carbons (Fsp3) is 0.462. The standard InChI is InChI=1S/C13H16ClN5/c1-8-3-2-4-12(8)19-13(16-17-18-19)9-5-6-10(14)11(15)7-9/h5-8,12H,2-4,15H2,1H3. The number of nitrogens with two attached hydrogens (primary N) is 1. The maximum Gasteiger partial charge on any atom is 0.182 e. The van der Waals surface area contributed by atoms with E-state index in [-0.39, 0.29) is 0 Å². The van der Waals surface area contributed by atoms with Crippen LogP contribution in [0.2, 0.25) is 5.02 Å². The lowest BCUT2D eigenvalue weighted by molar-refractivity contribution is 0.370. The van der Waals surface area contributed by atoms with E-state index in [2.05, 4.69) is 22.4 Å². The van der Waals surface area contributed by atoms with E-state index < -0.39 is 0 Å². The second kappa shape index (κ2) is 4.81. The van der Waals surface area contributed by atoms with Gasteiger partial charge < -0.3 is 5.73 Å². The SMILES string of the molecule is CC1CCCC1n1nnnc1-c1ccc(Cl)c(N)c1. The number of nitrogen functional groups attached to an aromatic ring is 1. The lowest BCUT2D eigenvalue weighted by atomic mass is 10.1. The van der Waals surface area contributed by atoms with Crippen LogP contribution in [0.4, 0.5) is 5.69 Å². The Bertz CT molecular complexity index is 594. The molecule has 3 rings (SSSR count). The molecule has 1 heterocycles. The molecule has 0 aliphatic heterocycles. The minimum Gasteiger partial charge on any atom is -0.398 e. The molecule has 1 aromatic carbocycles. The number of halogens is 1.